The van der Waals surface area contributed by atoms with Crippen molar-refractivity contribution in [2.45, 2.75) is 6.42 Å². The Kier molecular flexibility index (Phi) is 7.62. The van der Waals surface area contributed by atoms with E-state index in [0.29, 0.717) is 29.6 Å². The predicted octanol–water partition coefficient (Wildman–Crippen LogP) is 5.94. The minimum atomic E-state index is 0.0716. The highest BCUT2D eigenvalue weighted by atomic mass is 35.5. The highest BCUT2D eigenvalue weighted by Crippen LogP contribution is 2.34. The van der Waals surface area contributed by atoms with Gasteiger partial charge in [-0.2, -0.15) is 0 Å². The molecule has 0 amide bonds. The minimum Gasteiger partial charge on any atom is -0.497 e. The third-order valence-corrected chi connectivity index (χ3v) is 6.31. The number of pyridine rings is 2. The SMILES string of the molecule is COc1cc(OC)cc(N(CCCO)c2ccc3ncc(-c4ccnc(-c5ccnc(Cl)c5)c4)nc3c2)c1. The van der Waals surface area contributed by atoms with E-state index in [9.17, 15) is 5.11 Å². The van der Waals surface area contributed by atoms with Crippen LogP contribution in [0.25, 0.3) is 33.5 Å². The molecule has 1 N–H and O–H groups in total. The molecule has 3 heterocycles. The Morgan fingerprint density at radius 3 is 2.21 bits per heavy atom. The molecule has 3 aromatic heterocycles. The lowest BCUT2D eigenvalue weighted by Crippen LogP contribution is -2.19. The van der Waals surface area contributed by atoms with E-state index in [2.05, 4.69) is 19.9 Å². The maximum Gasteiger partial charge on any atom is 0.129 e. The minimum absolute atomic E-state index is 0.0716. The number of ether oxygens (including phenoxy) is 2. The van der Waals surface area contributed by atoms with E-state index in [-0.39, 0.29) is 6.61 Å². The zero-order valence-electron chi connectivity index (χ0n) is 21.0. The molecule has 9 heteroatoms. The monoisotopic (exact) mass is 527 g/mol. The number of halogens is 1. The van der Waals surface area contributed by atoms with Gasteiger partial charge in [0, 0.05) is 66.2 Å². The molecule has 0 saturated carbocycles. The number of anilines is 2. The summed E-state index contributed by atoms with van der Waals surface area (Å²) in [6.45, 7) is 0.663. The standard InChI is InChI=1S/C29H26ClN5O3/c1-37-23-14-22(15-24(17-23)38-2)35(10-3-11-36)21-4-5-25-27(16-21)34-28(18-33-25)19-6-8-31-26(12-19)20-7-9-32-29(30)13-20/h4-9,12-18,36H,3,10-11H2,1-2H3. The molecule has 5 rings (SSSR count). The van der Waals surface area contributed by atoms with Gasteiger partial charge < -0.3 is 19.5 Å². The fraction of sp³-hybridized carbons (Fsp3) is 0.172. The molecule has 0 radical (unpaired) electrons. The average Bonchev–Trinajstić information content (AvgIpc) is 2.96. The van der Waals surface area contributed by atoms with Crippen LogP contribution in [-0.2, 0) is 0 Å². The smallest absolute Gasteiger partial charge is 0.129 e. The molecule has 0 unspecified atom stereocenters. The van der Waals surface area contributed by atoms with Gasteiger partial charge in [-0.05, 0) is 48.9 Å². The second-order valence-electron chi connectivity index (χ2n) is 8.52. The van der Waals surface area contributed by atoms with E-state index in [1.54, 1.807) is 38.9 Å². The molecular formula is C29H26ClN5O3. The van der Waals surface area contributed by atoms with Crippen molar-refractivity contribution in [3.05, 3.63) is 84.4 Å². The van der Waals surface area contributed by atoms with Crippen molar-refractivity contribution in [1.29, 1.82) is 0 Å². The van der Waals surface area contributed by atoms with Crippen LogP contribution in [0.5, 0.6) is 11.5 Å². The van der Waals surface area contributed by atoms with Crippen molar-refractivity contribution in [3.63, 3.8) is 0 Å². The van der Waals surface area contributed by atoms with E-state index >= 15 is 0 Å². The number of nitrogens with zero attached hydrogens (tertiary/aromatic N) is 5. The molecule has 38 heavy (non-hydrogen) atoms. The lowest BCUT2D eigenvalue weighted by atomic mass is 10.1. The molecule has 2 aromatic carbocycles. The Bertz CT molecular complexity index is 1560. The summed E-state index contributed by atoms with van der Waals surface area (Å²) in [4.78, 5) is 20.2. The number of hydrogen-bond acceptors (Lipinski definition) is 8. The van der Waals surface area contributed by atoms with E-state index < -0.39 is 0 Å². The van der Waals surface area contributed by atoms with Crippen molar-refractivity contribution in [3.8, 4) is 34.0 Å². The van der Waals surface area contributed by atoms with Gasteiger partial charge in [0.1, 0.15) is 16.7 Å². The molecular weight excluding hydrogens is 502 g/mol. The molecule has 192 valence electrons. The van der Waals surface area contributed by atoms with E-state index in [0.717, 1.165) is 44.9 Å². The molecule has 0 aliphatic rings. The average molecular weight is 528 g/mol. The van der Waals surface area contributed by atoms with Gasteiger partial charge >= 0.3 is 0 Å². The predicted molar refractivity (Wildman–Crippen MR) is 149 cm³/mol. The van der Waals surface area contributed by atoms with Gasteiger partial charge in [-0.15, -0.1) is 0 Å². The Morgan fingerprint density at radius 1 is 0.763 bits per heavy atom. The molecule has 0 fully saturated rings. The lowest BCUT2D eigenvalue weighted by molar-refractivity contribution is 0.291. The van der Waals surface area contributed by atoms with Crippen molar-refractivity contribution in [2.75, 3.05) is 32.3 Å². The van der Waals surface area contributed by atoms with Gasteiger partial charge in [-0.3, -0.25) is 9.97 Å². The van der Waals surface area contributed by atoms with Gasteiger partial charge in [-0.25, -0.2) is 9.97 Å². The topological polar surface area (TPSA) is 93.5 Å². The van der Waals surface area contributed by atoms with Crippen LogP contribution in [0.4, 0.5) is 11.4 Å². The van der Waals surface area contributed by atoms with Crippen LogP contribution in [0.3, 0.4) is 0 Å². The fourth-order valence-corrected chi connectivity index (χ4v) is 4.37. The summed E-state index contributed by atoms with van der Waals surface area (Å²) < 4.78 is 11.0. The summed E-state index contributed by atoms with van der Waals surface area (Å²) in [5.74, 6) is 1.36. The van der Waals surface area contributed by atoms with Crippen molar-refractivity contribution in [2.24, 2.45) is 0 Å². The Balaban J connectivity index is 1.55. The van der Waals surface area contributed by atoms with E-state index in [1.165, 1.54) is 0 Å². The van der Waals surface area contributed by atoms with Crippen LogP contribution < -0.4 is 14.4 Å². The first kappa shape index (κ1) is 25.4. The number of rotatable bonds is 9. The van der Waals surface area contributed by atoms with Crippen molar-refractivity contribution < 1.29 is 14.6 Å². The van der Waals surface area contributed by atoms with Gasteiger partial charge in [-0.1, -0.05) is 11.6 Å². The normalized spacial score (nSPS) is 10.9. The summed E-state index contributed by atoms with van der Waals surface area (Å²) in [5.41, 5.74) is 6.57. The number of aromatic nitrogens is 4. The Hall–Kier alpha value is -4.27. The van der Waals surface area contributed by atoms with Crippen LogP contribution in [0.2, 0.25) is 5.15 Å². The first-order chi connectivity index (χ1) is 18.6. The molecule has 5 aromatic rings. The zero-order valence-corrected chi connectivity index (χ0v) is 21.8. The quantitative estimate of drug-likeness (QED) is 0.235. The summed E-state index contributed by atoms with van der Waals surface area (Å²) >= 11 is 6.07. The Labute approximate surface area is 225 Å². The first-order valence-electron chi connectivity index (χ1n) is 12.0. The maximum absolute atomic E-state index is 9.55. The molecule has 0 aliphatic heterocycles. The van der Waals surface area contributed by atoms with Crippen LogP contribution >= 0.6 is 11.6 Å². The van der Waals surface area contributed by atoms with Crippen molar-refractivity contribution in [1.82, 2.24) is 19.9 Å². The highest BCUT2D eigenvalue weighted by molar-refractivity contribution is 6.29. The molecule has 0 spiro atoms. The number of benzene rings is 2. The molecule has 0 atom stereocenters. The van der Waals surface area contributed by atoms with Gasteiger partial charge in [0.25, 0.3) is 0 Å². The number of methoxy groups -OCH3 is 2. The fourth-order valence-electron chi connectivity index (χ4n) is 4.20. The van der Waals surface area contributed by atoms with Crippen molar-refractivity contribution >= 4 is 34.0 Å². The van der Waals surface area contributed by atoms with Crippen LogP contribution in [0.15, 0.2) is 79.3 Å². The largest absolute Gasteiger partial charge is 0.497 e. The second-order valence-corrected chi connectivity index (χ2v) is 8.91. The molecule has 0 saturated heterocycles. The molecule has 8 nitrogen and oxygen atoms in total. The summed E-state index contributed by atoms with van der Waals surface area (Å²) in [7, 11) is 3.25. The summed E-state index contributed by atoms with van der Waals surface area (Å²) in [6, 6.07) is 19.2. The maximum atomic E-state index is 9.55. The Morgan fingerprint density at radius 2 is 1.50 bits per heavy atom. The van der Waals surface area contributed by atoms with Crippen LogP contribution in [0.1, 0.15) is 6.42 Å². The molecule has 0 bridgehead atoms. The van der Waals surface area contributed by atoms with Gasteiger partial charge in [0.05, 0.1) is 42.8 Å². The number of fused-ring (bicyclic) bond motifs is 1. The van der Waals surface area contributed by atoms with Crippen LogP contribution in [0, 0.1) is 0 Å². The number of hydrogen-bond donors (Lipinski definition) is 1. The van der Waals surface area contributed by atoms with E-state index in [1.807, 2.05) is 54.6 Å². The first-order valence-corrected chi connectivity index (χ1v) is 12.4. The van der Waals surface area contributed by atoms with Crippen LogP contribution in [-0.4, -0.2) is 52.4 Å². The second kappa shape index (κ2) is 11.4. The number of aliphatic hydroxyl groups excluding tert-OH is 1. The summed E-state index contributed by atoms with van der Waals surface area (Å²) in [6.07, 6.45) is 5.75. The summed E-state index contributed by atoms with van der Waals surface area (Å²) in [5, 5.41) is 9.96. The zero-order chi connectivity index (χ0) is 26.5. The third kappa shape index (κ3) is 5.51. The van der Waals surface area contributed by atoms with Gasteiger partial charge in [0.2, 0.25) is 0 Å². The third-order valence-electron chi connectivity index (χ3n) is 6.10. The number of aliphatic hydroxyl groups is 1. The lowest BCUT2D eigenvalue weighted by Gasteiger charge is -2.26. The highest BCUT2D eigenvalue weighted by Gasteiger charge is 2.14. The van der Waals surface area contributed by atoms with E-state index in [4.69, 9.17) is 26.1 Å². The van der Waals surface area contributed by atoms with Gasteiger partial charge in [0.15, 0.2) is 0 Å². The molecule has 0 aliphatic carbocycles.